The summed E-state index contributed by atoms with van der Waals surface area (Å²) in [5, 5.41) is 7.05. The van der Waals surface area contributed by atoms with Crippen molar-refractivity contribution in [2.75, 3.05) is 13.7 Å². The second-order valence-corrected chi connectivity index (χ2v) is 5.68. The van der Waals surface area contributed by atoms with E-state index in [0.29, 0.717) is 6.10 Å². The van der Waals surface area contributed by atoms with E-state index in [1.165, 1.54) is 11.4 Å². The van der Waals surface area contributed by atoms with Gasteiger partial charge in [-0.25, -0.2) is 4.98 Å². The smallest absolute Gasteiger partial charge is 0.113 e. The van der Waals surface area contributed by atoms with E-state index in [2.05, 4.69) is 22.6 Å². The number of aromatic nitrogens is 1. The van der Waals surface area contributed by atoms with Crippen molar-refractivity contribution in [3.8, 4) is 0 Å². The van der Waals surface area contributed by atoms with Gasteiger partial charge in [0.2, 0.25) is 0 Å². The molecule has 2 rings (SSSR count). The minimum atomic E-state index is 0.110. The molecule has 1 aliphatic rings. The summed E-state index contributed by atoms with van der Waals surface area (Å²) >= 11 is 1.77. The van der Waals surface area contributed by atoms with Crippen LogP contribution in [0.25, 0.3) is 0 Å². The Balaban J connectivity index is 2.09. The van der Waals surface area contributed by atoms with Crippen LogP contribution in [0.2, 0.25) is 0 Å². The lowest BCUT2D eigenvalue weighted by Crippen LogP contribution is -2.46. The first-order chi connectivity index (χ1) is 8.30. The topological polar surface area (TPSA) is 34.2 Å². The van der Waals surface area contributed by atoms with E-state index in [1.54, 1.807) is 11.3 Å². The molecule has 4 heteroatoms. The molecule has 0 aliphatic heterocycles. The van der Waals surface area contributed by atoms with Crippen LogP contribution in [-0.2, 0) is 10.3 Å². The highest BCUT2D eigenvalue weighted by molar-refractivity contribution is 7.09. The van der Waals surface area contributed by atoms with Crippen LogP contribution in [0.3, 0.4) is 0 Å². The van der Waals surface area contributed by atoms with Crippen molar-refractivity contribution in [1.82, 2.24) is 10.3 Å². The minimum absolute atomic E-state index is 0.110. The predicted octanol–water partition coefficient (Wildman–Crippen LogP) is 2.93. The van der Waals surface area contributed by atoms with Gasteiger partial charge in [0.25, 0.3) is 0 Å². The highest BCUT2D eigenvalue weighted by Gasteiger charge is 2.38. The van der Waals surface area contributed by atoms with Crippen LogP contribution >= 0.6 is 11.3 Å². The standard InChI is InChI=1S/C13H22N2OS/c1-3-8-15-13(12-14-9-10-17-12)6-4-11(16-2)5-7-13/h9-11,15H,3-8H2,1-2H3. The number of ether oxygens (including phenoxy) is 1. The first kappa shape index (κ1) is 13.0. The SMILES string of the molecule is CCCNC1(c2nccs2)CCC(OC)CC1. The molecule has 0 spiro atoms. The Kier molecular flexibility index (Phi) is 4.54. The molecule has 1 heterocycles. The van der Waals surface area contributed by atoms with E-state index in [-0.39, 0.29) is 5.54 Å². The molecule has 17 heavy (non-hydrogen) atoms. The van der Waals surface area contributed by atoms with Crippen LogP contribution in [0.1, 0.15) is 44.0 Å². The van der Waals surface area contributed by atoms with Gasteiger partial charge in [-0.05, 0) is 38.6 Å². The molecule has 1 saturated carbocycles. The Morgan fingerprint density at radius 2 is 2.29 bits per heavy atom. The average Bonchev–Trinajstić information content (AvgIpc) is 2.91. The Morgan fingerprint density at radius 3 is 2.82 bits per heavy atom. The van der Waals surface area contributed by atoms with Gasteiger partial charge in [-0.2, -0.15) is 0 Å². The van der Waals surface area contributed by atoms with E-state index in [0.717, 1.165) is 32.2 Å². The molecule has 1 aromatic heterocycles. The Morgan fingerprint density at radius 1 is 1.53 bits per heavy atom. The molecule has 96 valence electrons. The molecule has 0 aromatic carbocycles. The second kappa shape index (κ2) is 5.94. The molecular weight excluding hydrogens is 232 g/mol. The normalized spacial score (nSPS) is 29.4. The summed E-state index contributed by atoms with van der Waals surface area (Å²) in [7, 11) is 1.82. The molecular formula is C13H22N2OS. The fraction of sp³-hybridized carbons (Fsp3) is 0.769. The summed E-state index contributed by atoms with van der Waals surface area (Å²) in [6.07, 6.45) is 8.06. The van der Waals surface area contributed by atoms with Crippen molar-refractivity contribution in [3.05, 3.63) is 16.6 Å². The molecule has 0 radical (unpaired) electrons. The third kappa shape index (κ3) is 2.87. The number of nitrogens with zero attached hydrogens (tertiary/aromatic N) is 1. The quantitative estimate of drug-likeness (QED) is 0.877. The zero-order valence-corrected chi connectivity index (χ0v) is 11.6. The predicted molar refractivity (Wildman–Crippen MR) is 71.4 cm³/mol. The van der Waals surface area contributed by atoms with Gasteiger partial charge in [0, 0.05) is 18.7 Å². The summed E-state index contributed by atoms with van der Waals surface area (Å²) in [4.78, 5) is 4.53. The molecule has 1 fully saturated rings. The summed E-state index contributed by atoms with van der Waals surface area (Å²) in [5.74, 6) is 0. The Hall–Kier alpha value is -0.450. The number of nitrogens with one attached hydrogen (secondary N) is 1. The van der Waals surface area contributed by atoms with Crippen LogP contribution in [0.4, 0.5) is 0 Å². The second-order valence-electron chi connectivity index (χ2n) is 4.78. The third-order valence-electron chi connectivity index (χ3n) is 3.67. The Bertz CT molecular complexity index is 318. The van der Waals surface area contributed by atoms with Gasteiger partial charge < -0.3 is 10.1 Å². The Labute approximate surface area is 108 Å². The van der Waals surface area contributed by atoms with Crippen LogP contribution in [0.5, 0.6) is 0 Å². The number of rotatable bonds is 5. The molecule has 3 nitrogen and oxygen atoms in total. The fourth-order valence-electron chi connectivity index (χ4n) is 2.61. The minimum Gasteiger partial charge on any atom is -0.381 e. The molecule has 0 amide bonds. The number of hydrogen-bond acceptors (Lipinski definition) is 4. The zero-order chi connectivity index (χ0) is 12.1. The van der Waals surface area contributed by atoms with Gasteiger partial charge in [-0.1, -0.05) is 6.92 Å². The summed E-state index contributed by atoms with van der Waals surface area (Å²) in [6, 6.07) is 0. The third-order valence-corrected chi connectivity index (χ3v) is 4.65. The maximum absolute atomic E-state index is 5.46. The van der Waals surface area contributed by atoms with Crippen molar-refractivity contribution in [2.24, 2.45) is 0 Å². The van der Waals surface area contributed by atoms with Crippen molar-refractivity contribution in [3.63, 3.8) is 0 Å². The summed E-state index contributed by atoms with van der Waals surface area (Å²) in [5.41, 5.74) is 0.110. The van der Waals surface area contributed by atoms with Crippen molar-refractivity contribution in [2.45, 2.75) is 50.7 Å². The van der Waals surface area contributed by atoms with E-state index < -0.39 is 0 Å². The van der Waals surface area contributed by atoms with Crippen LogP contribution < -0.4 is 5.32 Å². The highest BCUT2D eigenvalue weighted by Crippen LogP contribution is 2.38. The molecule has 1 aliphatic carbocycles. The van der Waals surface area contributed by atoms with E-state index >= 15 is 0 Å². The molecule has 0 saturated heterocycles. The van der Waals surface area contributed by atoms with Gasteiger partial charge in [0.15, 0.2) is 0 Å². The maximum atomic E-state index is 5.46. The van der Waals surface area contributed by atoms with Crippen molar-refractivity contribution >= 4 is 11.3 Å². The van der Waals surface area contributed by atoms with E-state index in [4.69, 9.17) is 4.74 Å². The number of thiazole rings is 1. The van der Waals surface area contributed by atoms with Crippen LogP contribution in [0.15, 0.2) is 11.6 Å². The van der Waals surface area contributed by atoms with Gasteiger partial charge in [-0.15, -0.1) is 11.3 Å². The summed E-state index contributed by atoms with van der Waals surface area (Å²) in [6.45, 7) is 3.28. The van der Waals surface area contributed by atoms with Crippen molar-refractivity contribution in [1.29, 1.82) is 0 Å². The molecule has 0 atom stereocenters. The highest BCUT2D eigenvalue weighted by atomic mass is 32.1. The maximum Gasteiger partial charge on any atom is 0.113 e. The number of hydrogen-bond donors (Lipinski definition) is 1. The first-order valence-electron chi connectivity index (χ1n) is 6.48. The van der Waals surface area contributed by atoms with Gasteiger partial charge in [-0.3, -0.25) is 0 Å². The first-order valence-corrected chi connectivity index (χ1v) is 7.36. The zero-order valence-electron chi connectivity index (χ0n) is 10.7. The summed E-state index contributed by atoms with van der Waals surface area (Å²) < 4.78 is 5.46. The van der Waals surface area contributed by atoms with E-state index in [1.807, 2.05) is 13.3 Å². The van der Waals surface area contributed by atoms with Gasteiger partial charge in [0.1, 0.15) is 5.01 Å². The molecule has 1 N–H and O–H groups in total. The lowest BCUT2D eigenvalue weighted by Gasteiger charge is -2.39. The lowest BCUT2D eigenvalue weighted by molar-refractivity contribution is 0.0404. The van der Waals surface area contributed by atoms with Crippen LogP contribution in [-0.4, -0.2) is 24.7 Å². The molecule has 0 bridgehead atoms. The fourth-order valence-corrected chi connectivity index (χ4v) is 3.48. The lowest BCUT2D eigenvalue weighted by atomic mass is 9.80. The largest absolute Gasteiger partial charge is 0.381 e. The van der Waals surface area contributed by atoms with Crippen molar-refractivity contribution < 1.29 is 4.74 Å². The average molecular weight is 254 g/mol. The van der Waals surface area contributed by atoms with Crippen LogP contribution in [0, 0.1) is 0 Å². The number of methoxy groups -OCH3 is 1. The molecule has 0 unspecified atom stereocenters. The monoisotopic (exact) mass is 254 g/mol. The van der Waals surface area contributed by atoms with Gasteiger partial charge >= 0.3 is 0 Å². The van der Waals surface area contributed by atoms with E-state index in [9.17, 15) is 0 Å². The van der Waals surface area contributed by atoms with Gasteiger partial charge in [0.05, 0.1) is 11.6 Å². The molecule has 1 aromatic rings.